The second kappa shape index (κ2) is 6.17. The van der Waals surface area contributed by atoms with Gasteiger partial charge in [0, 0.05) is 45.3 Å². The van der Waals surface area contributed by atoms with Gasteiger partial charge < -0.3 is 11.5 Å². The minimum atomic E-state index is -4.41. The first-order chi connectivity index (χ1) is 8.40. The van der Waals surface area contributed by atoms with E-state index in [-0.39, 0.29) is 12.1 Å². The number of nitrogens with two attached hydrogens (primary N) is 2. The molecule has 0 saturated heterocycles. The van der Waals surface area contributed by atoms with Crippen molar-refractivity contribution < 1.29 is 13.2 Å². The van der Waals surface area contributed by atoms with Crippen molar-refractivity contribution in [1.29, 1.82) is 0 Å². The van der Waals surface area contributed by atoms with Crippen LogP contribution in [0.3, 0.4) is 0 Å². The zero-order chi connectivity index (χ0) is 13.8. The highest BCUT2D eigenvalue weighted by atomic mass is 19.4. The largest absolute Gasteiger partial charge is 0.433 e. The fraction of sp³-hybridized carbons (Fsp3) is 0.700. The van der Waals surface area contributed by atoms with Crippen LogP contribution < -0.4 is 11.5 Å². The molecule has 18 heavy (non-hydrogen) atoms. The van der Waals surface area contributed by atoms with E-state index >= 15 is 0 Å². The number of halogens is 3. The van der Waals surface area contributed by atoms with Gasteiger partial charge in [0.25, 0.3) is 0 Å². The van der Waals surface area contributed by atoms with Crippen molar-refractivity contribution in [2.24, 2.45) is 18.5 Å². The van der Waals surface area contributed by atoms with Crippen molar-refractivity contribution >= 4 is 0 Å². The zero-order valence-electron chi connectivity index (χ0n) is 10.2. The van der Waals surface area contributed by atoms with Crippen molar-refractivity contribution in [3.63, 3.8) is 0 Å². The summed E-state index contributed by atoms with van der Waals surface area (Å²) in [6, 6.07) is 0. The highest BCUT2D eigenvalue weighted by molar-refractivity contribution is 5.20. The highest BCUT2D eigenvalue weighted by Crippen LogP contribution is 2.31. The van der Waals surface area contributed by atoms with Crippen LogP contribution in [-0.4, -0.2) is 40.9 Å². The van der Waals surface area contributed by atoms with Gasteiger partial charge >= 0.3 is 6.18 Å². The van der Waals surface area contributed by atoms with Crippen LogP contribution in [-0.2, 0) is 19.8 Å². The fourth-order valence-corrected chi connectivity index (χ4v) is 1.84. The lowest BCUT2D eigenvalue weighted by atomic mass is 10.2. The monoisotopic (exact) mass is 265 g/mol. The Kier molecular flexibility index (Phi) is 5.12. The fourth-order valence-electron chi connectivity index (χ4n) is 1.84. The lowest BCUT2D eigenvalue weighted by Crippen LogP contribution is -2.34. The van der Waals surface area contributed by atoms with Crippen molar-refractivity contribution in [2.45, 2.75) is 12.7 Å². The van der Waals surface area contributed by atoms with E-state index < -0.39 is 11.9 Å². The van der Waals surface area contributed by atoms with Gasteiger partial charge in [0.1, 0.15) is 5.69 Å². The molecule has 5 nitrogen and oxygen atoms in total. The molecule has 0 saturated carbocycles. The number of aromatic nitrogens is 2. The molecule has 1 aromatic rings. The smallest absolute Gasteiger partial charge is 0.329 e. The molecule has 0 fully saturated rings. The van der Waals surface area contributed by atoms with Crippen LogP contribution in [0.2, 0.25) is 0 Å². The van der Waals surface area contributed by atoms with E-state index in [0.29, 0.717) is 26.2 Å². The van der Waals surface area contributed by atoms with Crippen molar-refractivity contribution in [3.05, 3.63) is 17.5 Å². The van der Waals surface area contributed by atoms with Crippen LogP contribution in [0.1, 0.15) is 11.3 Å². The molecular weight excluding hydrogens is 247 g/mol. The van der Waals surface area contributed by atoms with Gasteiger partial charge in [0.15, 0.2) is 0 Å². The Labute approximate surface area is 104 Å². The second-order valence-corrected chi connectivity index (χ2v) is 3.99. The van der Waals surface area contributed by atoms with Crippen LogP contribution in [0.4, 0.5) is 13.2 Å². The van der Waals surface area contributed by atoms with Crippen LogP contribution in [0.5, 0.6) is 0 Å². The number of alkyl halides is 3. The quantitative estimate of drug-likeness (QED) is 0.768. The summed E-state index contributed by atoms with van der Waals surface area (Å²) in [7, 11) is 1.28. The van der Waals surface area contributed by atoms with Gasteiger partial charge in [-0.05, 0) is 0 Å². The molecule has 0 amide bonds. The summed E-state index contributed by atoms with van der Waals surface area (Å²) in [6.45, 7) is 1.91. The Bertz CT molecular complexity index is 368. The van der Waals surface area contributed by atoms with Crippen molar-refractivity contribution in [1.82, 2.24) is 14.7 Å². The van der Waals surface area contributed by atoms with E-state index in [9.17, 15) is 13.2 Å². The van der Waals surface area contributed by atoms with Crippen molar-refractivity contribution in [2.75, 3.05) is 26.2 Å². The number of hydrogen-bond acceptors (Lipinski definition) is 4. The Morgan fingerprint density at radius 2 is 1.83 bits per heavy atom. The molecule has 0 aliphatic heterocycles. The summed E-state index contributed by atoms with van der Waals surface area (Å²) in [6.07, 6.45) is -3.17. The molecule has 0 unspecified atom stereocenters. The Hall–Kier alpha value is -1.12. The van der Waals surface area contributed by atoms with E-state index in [1.54, 1.807) is 4.90 Å². The molecule has 8 heteroatoms. The van der Waals surface area contributed by atoms with Crippen LogP contribution in [0.15, 0.2) is 6.20 Å². The zero-order valence-corrected chi connectivity index (χ0v) is 10.2. The third kappa shape index (κ3) is 3.69. The maximum Gasteiger partial charge on any atom is 0.433 e. The summed E-state index contributed by atoms with van der Waals surface area (Å²) in [5, 5.41) is 3.66. The van der Waals surface area contributed by atoms with E-state index in [1.807, 2.05) is 0 Å². The maximum atomic E-state index is 12.8. The summed E-state index contributed by atoms with van der Waals surface area (Å²) in [5.74, 6) is 0. The molecule has 0 aromatic carbocycles. The van der Waals surface area contributed by atoms with Gasteiger partial charge in [0.05, 0.1) is 6.20 Å². The third-order valence-electron chi connectivity index (χ3n) is 2.57. The normalized spacial score (nSPS) is 12.4. The topological polar surface area (TPSA) is 73.1 Å². The lowest BCUT2D eigenvalue weighted by molar-refractivity contribution is -0.144. The first-order valence-electron chi connectivity index (χ1n) is 5.60. The third-order valence-corrected chi connectivity index (χ3v) is 2.57. The van der Waals surface area contributed by atoms with Crippen LogP contribution in [0, 0.1) is 0 Å². The minimum absolute atomic E-state index is 0.145. The number of nitrogens with zero attached hydrogens (tertiary/aromatic N) is 3. The summed E-state index contributed by atoms with van der Waals surface area (Å²) in [4.78, 5) is 1.78. The molecule has 0 bridgehead atoms. The van der Waals surface area contributed by atoms with Gasteiger partial charge in [0.2, 0.25) is 0 Å². The molecule has 4 N–H and O–H groups in total. The Morgan fingerprint density at radius 3 is 2.28 bits per heavy atom. The minimum Gasteiger partial charge on any atom is -0.329 e. The molecule has 0 aliphatic carbocycles. The maximum absolute atomic E-state index is 12.8. The second-order valence-electron chi connectivity index (χ2n) is 3.99. The van der Waals surface area contributed by atoms with E-state index in [1.165, 1.54) is 13.2 Å². The van der Waals surface area contributed by atoms with E-state index in [2.05, 4.69) is 5.10 Å². The number of rotatable bonds is 6. The standard InChI is InChI=1S/C10H18F3N5/c1-17-9(10(11,12)13)8(6-16-17)7-18(4-2-14)5-3-15/h6H,2-5,7,14-15H2,1H3. The Balaban J connectivity index is 2.89. The molecular formula is C10H18F3N5. The molecule has 1 heterocycles. The molecule has 104 valence electrons. The van der Waals surface area contributed by atoms with Gasteiger partial charge in [-0.3, -0.25) is 9.58 Å². The van der Waals surface area contributed by atoms with Crippen LogP contribution in [0.25, 0.3) is 0 Å². The summed E-state index contributed by atoms with van der Waals surface area (Å²) < 4.78 is 39.4. The van der Waals surface area contributed by atoms with E-state index in [0.717, 1.165) is 4.68 Å². The first kappa shape index (κ1) is 14.9. The van der Waals surface area contributed by atoms with Gasteiger partial charge in [-0.2, -0.15) is 18.3 Å². The molecule has 1 aromatic heterocycles. The number of hydrogen-bond donors (Lipinski definition) is 2. The average Bonchev–Trinajstić information content (AvgIpc) is 2.60. The first-order valence-corrected chi connectivity index (χ1v) is 5.60. The van der Waals surface area contributed by atoms with Crippen molar-refractivity contribution in [3.8, 4) is 0 Å². The van der Waals surface area contributed by atoms with Gasteiger partial charge in [-0.15, -0.1) is 0 Å². The molecule has 0 spiro atoms. The Morgan fingerprint density at radius 1 is 1.28 bits per heavy atom. The summed E-state index contributed by atoms with van der Waals surface area (Å²) in [5.41, 5.74) is 10.3. The van der Waals surface area contributed by atoms with Gasteiger partial charge in [-0.25, -0.2) is 0 Å². The van der Waals surface area contributed by atoms with Gasteiger partial charge in [-0.1, -0.05) is 0 Å². The summed E-state index contributed by atoms with van der Waals surface area (Å²) >= 11 is 0. The lowest BCUT2D eigenvalue weighted by Gasteiger charge is -2.21. The molecule has 0 aliphatic rings. The average molecular weight is 265 g/mol. The highest BCUT2D eigenvalue weighted by Gasteiger charge is 2.37. The van der Waals surface area contributed by atoms with Crippen LogP contribution >= 0.6 is 0 Å². The predicted octanol–water partition coefficient (Wildman–Crippen LogP) is 0.158. The molecule has 0 radical (unpaired) electrons. The molecule has 1 rings (SSSR count). The SMILES string of the molecule is Cn1ncc(CN(CCN)CCN)c1C(F)(F)F. The van der Waals surface area contributed by atoms with E-state index in [4.69, 9.17) is 11.5 Å². The number of aryl methyl sites for hydroxylation is 1. The predicted molar refractivity (Wildman–Crippen MR) is 61.6 cm³/mol. The molecule has 0 atom stereocenters.